The SMILES string of the molecule is CCCN(CCC)C(=O)c1cccc(C(=O)NC(Cc2cc(F)cc(F)c2)C(O)CSc2ncnc3nc[nH]c23)c1. The van der Waals surface area contributed by atoms with Gasteiger partial charge in [0.25, 0.3) is 11.8 Å². The third-order valence-electron chi connectivity index (χ3n) is 6.38. The highest BCUT2D eigenvalue weighted by Crippen LogP contribution is 2.24. The molecule has 0 spiro atoms. The zero-order chi connectivity index (χ0) is 29.4. The van der Waals surface area contributed by atoms with Gasteiger partial charge in [0.05, 0.1) is 18.5 Å². The van der Waals surface area contributed by atoms with Crippen LogP contribution in [0.25, 0.3) is 11.2 Å². The van der Waals surface area contributed by atoms with E-state index in [9.17, 15) is 23.5 Å². The Labute approximate surface area is 240 Å². The number of hydrogen-bond donors (Lipinski definition) is 3. The number of hydrogen-bond acceptors (Lipinski definition) is 7. The lowest BCUT2D eigenvalue weighted by Gasteiger charge is -2.25. The number of aliphatic hydroxyl groups is 1. The fourth-order valence-electron chi connectivity index (χ4n) is 4.48. The van der Waals surface area contributed by atoms with Crippen LogP contribution in [0, 0.1) is 11.6 Å². The van der Waals surface area contributed by atoms with Crippen LogP contribution in [0.15, 0.2) is 60.1 Å². The van der Waals surface area contributed by atoms with Gasteiger partial charge in [-0.3, -0.25) is 9.59 Å². The van der Waals surface area contributed by atoms with Gasteiger partial charge in [0.15, 0.2) is 5.65 Å². The van der Waals surface area contributed by atoms with Crippen LogP contribution >= 0.6 is 11.8 Å². The van der Waals surface area contributed by atoms with Gasteiger partial charge in [-0.25, -0.2) is 23.7 Å². The summed E-state index contributed by atoms with van der Waals surface area (Å²) in [6.45, 7) is 5.21. The third kappa shape index (κ3) is 7.86. The van der Waals surface area contributed by atoms with Crippen LogP contribution in [0.2, 0.25) is 0 Å². The molecule has 0 saturated carbocycles. The van der Waals surface area contributed by atoms with E-state index in [0.29, 0.717) is 34.8 Å². The molecule has 216 valence electrons. The molecule has 0 radical (unpaired) electrons. The largest absolute Gasteiger partial charge is 0.390 e. The summed E-state index contributed by atoms with van der Waals surface area (Å²) in [6.07, 6.45) is 3.31. The molecule has 0 saturated heterocycles. The number of aromatic amines is 1. The van der Waals surface area contributed by atoms with Gasteiger partial charge in [0.1, 0.15) is 28.5 Å². The quantitative estimate of drug-likeness (QED) is 0.158. The number of nitrogens with zero attached hydrogens (tertiary/aromatic N) is 4. The van der Waals surface area contributed by atoms with E-state index in [1.165, 1.54) is 30.5 Å². The molecule has 0 bridgehead atoms. The number of nitrogens with one attached hydrogen (secondary N) is 2. The summed E-state index contributed by atoms with van der Waals surface area (Å²) in [7, 11) is 0. The maximum absolute atomic E-state index is 13.9. The summed E-state index contributed by atoms with van der Waals surface area (Å²) in [5.74, 6) is -2.10. The van der Waals surface area contributed by atoms with Crippen molar-refractivity contribution in [3.05, 3.63) is 83.4 Å². The molecule has 2 unspecified atom stereocenters. The monoisotopic (exact) mass is 582 g/mol. The van der Waals surface area contributed by atoms with Crippen molar-refractivity contribution >= 4 is 34.7 Å². The highest BCUT2D eigenvalue weighted by Gasteiger charge is 2.25. The van der Waals surface area contributed by atoms with Crippen LogP contribution in [0.3, 0.4) is 0 Å². The summed E-state index contributed by atoms with van der Waals surface area (Å²) in [6, 6.07) is 8.56. The van der Waals surface area contributed by atoms with Crippen LogP contribution < -0.4 is 5.32 Å². The van der Waals surface area contributed by atoms with Crippen LogP contribution in [0.1, 0.15) is 53.0 Å². The average Bonchev–Trinajstić information content (AvgIpc) is 3.44. The standard InChI is InChI=1S/C29H32F2N6O3S/c1-3-8-37(9-4-2)29(40)20-7-5-6-19(13-20)27(39)36-23(12-18-10-21(30)14-22(31)11-18)24(38)15-41-28-25-26(33-16-32-25)34-17-35-28/h5-7,10-11,13-14,16-17,23-24,38H,3-4,8-9,12,15H2,1-2H3,(H,36,39)(H,32,33,34,35). The van der Waals surface area contributed by atoms with Crippen LogP contribution in [0.4, 0.5) is 8.78 Å². The Kier molecular flexibility index (Phi) is 10.4. The van der Waals surface area contributed by atoms with E-state index in [1.54, 1.807) is 23.1 Å². The van der Waals surface area contributed by atoms with E-state index in [2.05, 4.69) is 25.3 Å². The number of fused-ring (bicyclic) bond motifs is 1. The smallest absolute Gasteiger partial charge is 0.253 e. The second-order valence-corrected chi connectivity index (χ2v) is 10.6. The van der Waals surface area contributed by atoms with E-state index in [1.807, 2.05) is 13.8 Å². The molecule has 4 aromatic rings. The number of H-pyrrole nitrogens is 1. The molecular formula is C29H32F2N6O3S. The van der Waals surface area contributed by atoms with Crippen molar-refractivity contribution in [3.8, 4) is 0 Å². The molecule has 9 nitrogen and oxygen atoms in total. The fourth-order valence-corrected chi connectivity index (χ4v) is 5.46. The third-order valence-corrected chi connectivity index (χ3v) is 7.48. The summed E-state index contributed by atoms with van der Waals surface area (Å²) in [4.78, 5) is 43.6. The lowest BCUT2D eigenvalue weighted by molar-refractivity contribution is 0.0755. The van der Waals surface area contributed by atoms with Crippen LogP contribution in [0.5, 0.6) is 0 Å². The second kappa shape index (κ2) is 14.1. The lowest BCUT2D eigenvalue weighted by atomic mass is 10.0. The number of carbonyl (C=O) groups is 2. The van der Waals surface area contributed by atoms with Gasteiger partial charge in [0.2, 0.25) is 0 Å². The molecule has 0 aliphatic heterocycles. The van der Waals surface area contributed by atoms with Gasteiger partial charge in [-0.15, -0.1) is 11.8 Å². The molecule has 2 amide bonds. The Bertz CT molecular complexity index is 1470. The number of imidazole rings is 1. The van der Waals surface area contributed by atoms with Crippen molar-refractivity contribution in [2.24, 2.45) is 0 Å². The van der Waals surface area contributed by atoms with E-state index in [4.69, 9.17) is 0 Å². The van der Waals surface area contributed by atoms with E-state index in [0.717, 1.165) is 31.0 Å². The fraction of sp³-hybridized carbons (Fsp3) is 0.345. The second-order valence-electron chi connectivity index (χ2n) is 9.59. The van der Waals surface area contributed by atoms with Crippen molar-refractivity contribution in [3.63, 3.8) is 0 Å². The van der Waals surface area contributed by atoms with Gasteiger partial charge >= 0.3 is 0 Å². The van der Waals surface area contributed by atoms with Crippen LogP contribution in [-0.4, -0.2) is 72.7 Å². The van der Waals surface area contributed by atoms with Crippen molar-refractivity contribution in [2.45, 2.75) is 50.3 Å². The Morgan fingerprint density at radius 1 is 1.02 bits per heavy atom. The van der Waals surface area contributed by atoms with Crippen molar-refractivity contribution in [1.29, 1.82) is 0 Å². The van der Waals surface area contributed by atoms with Crippen molar-refractivity contribution in [1.82, 2.24) is 30.2 Å². The first-order valence-electron chi connectivity index (χ1n) is 13.4. The molecule has 4 rings (SSSR count). The first-order valence-corrected chi connectivity index (χ1v) is 14.4. The molecule has 3 N–H and O–H groups in total. The first-order chi connectivity index (χ1) is 19.8. The van der Waals surface area contributed by atoms with Gasteiger partial charge in [-0.1, -0.05) is 19.9 Å². The van der Waals surface area contributed by atoms with E-state index in [-0.39, 0.29) is 29.2 Å². The van der Waals surface area contributed by atoms with Gasteiger partial charge < -0.3 is 20.3 Å². The van der Waals surface area contributed by atoms with Gasteiger partial charge in [-0.2, -0.15) is 0 Å². The molecule has 2 aromatic heterocycles. The molecule has 0 aliphatic rings. The minimum Gasteiger partial charge on any atom is -0.390 e. The lowest BCUT2D eigenvalue weighted by Crippen LogP contribution is -2.46. The average molecular weight is 583 g/mol. The topological polar surface area (TPSA) is 124 Å². The molecule has 0 aliphatic carbocycles. The molecule has 12 heteroatoms. The first kappa shape index (κ1) is 30.1. The molecule has 0 fully saturated rings. The number of halogens is 2. The Hall–Kier alpha value is -3.90. The minimum atomic E-state index is -1.13. The molecule has 2 atom stereocenters. The molecular weight excluding hydrogens is 550 g/mol. The number of amides is 2. The number of benzene rings is 2. The summed E-state index contributed by atoms with van der Waals surface area (Å²) in [5.41, 5.74) is 1.97. The number of aromatic nitrogens is 4. The zero-order valence-electron chi connectivity index (χ0n) is 22.8. The van der Waals surface area contributed by atoms with Gasteiger partial charge in [0, 0.05) is 36.0 Å². The van der Waals surface area contributed by atoms with Gasteiger partial charge in [-0.05, 0) is 55.2 Å². The predicted molar refractivity (Wildman–Crippen MR) is 153 cm³/mol. The molecule has 2 heterocycles. The van der Waals surface area contributed by atoms with Crippen LogP contribution in [-0.2, 0) is 6.42 Å². The number of thioether (sulfide) groups is 1. The Morgan fingerprint density at radius 2 is 1.73 bits per heavy atom. The highest BCUT2D eigenvalue weighted by atomic mass is 32.2. The normalized spacial score (nSPS) is 12.7. The molecule has 2 aromatic carbocycles. The Morgan fingerprint density at radius 3 is 2.44 bits per heavy atom. The van der Waals surface area contributed by atoms with E-state index < -0.39 is 29.7 Å². The summed E-state index contributed by atoms with van der Waals surface area (Å²) in [5, 5.41) is 14.5. The zero-order valence-corrected chi connectivity index (χ0v) is 23.6. The van der Waals surface area contributed by atoms with Crippen molar-refractivity contribution < 1.29 is 23.5 Å². The maximum atomic E-state index is 13.9. The van der Waals surface area contributed by atoms with Crippen molar-refractivity contribution in [2.75, 3.05) is 18.8 Å². The van der Waals surface area contributed by atoms with E-state index >= 15 is 0 Å². The highest BCUT2D eigenvalue weighted by molar-refractivity contribution is 7.99. The Balaban J connectivity index is 1.54. The summed E-state index contributed by atoms with van der Waals surface area (Å²) < 4.78 is 27.9. The number of aliphatic hydroxyl groups excluding tert-OH is 1. The predicted octanol–water partition coefficient (Wildman–Crippen LogP) is 4.39. The number of carbonyl (C=O) groups excluding carboxylic acids is 2. The molecule has 41 heavy (non-hydrogen) atoms. The maximum Gasteiger partial charge on any atom is 0.253 e. The minimum absolute atomic E-state index is 0.0369. The number of rotatable bonds is 13. The summed E-state index contributed by atoms with van der Waals surface area (Å²) >= 11 is 1.23.